The molecule has 60 valence electrons. The van der Waals surface area contributed by atoms with E-state index in [0.717, 1.165) is 0 Å². The van der Waals surface area contributed by atoms with E-state index in [0.29, 0.717) is 0 Å². The fraction of sp³-hybridized carbons (Fsp3) is 0.333. The van der Waals surface area contributed by atoms with Crippen molar-refractivity contribution in [1.29, 1.82) is 0 Å². The van der Waals surface area contributed by atoms with Crippen LogP contribution in [0.25, 0.3) is 0 Å². The average Bonchev–Trinajstić information content (AvgIpc) is 2.34. The summed E-state index contributed by atoms with van der Waals surface area (Å²) in [4.78, 5) is 10.6. The van der Waals surface area contributed by atoms with Crippen LogP contribution in [0.4, 0.5) is 0 Å². The van der Waals surface area contributed by atoms with Crippen molar-refractivity contribution in [2.45, 2.75) is 13.0 Å². The molecule has 0 radical (unpaired) electrons. The quantitative estimate of drug-likeness (QED) is 0.611. The van der Waals surface area contributed by atoms with Crippen LogP contribution in [0.15, 0.2) is 12.4 Å². The van der Waals surface area contributed by atoms with Gasteiger partial charge in [-0.05, 0) is 6.92 Å². The molecule has 0 aromatic carbocycles. The normalized spacial score (nSPS) is 12.8. The topological polar surface area (TPSA) is 81.1 Å². The van der Waals surface area contributed by atoms with Crippen molar-refractivity contribution in [1.82, 2.24) is 9.78 Å². The highest BCUT2D eigenvalue weighted by Gasteiger charge is 2.11. The summed E-state index contributed by atoms with van der Waals surface area (Å²) in [5.74, 6) is -0.453. The molecule has 0 aliphatic rings. The van der Waals surface area contributed by atoms with Gasteiger partial charge in [-0.3, -0.25) is 9.48 Å². The van der Waals surface area contributed by atoms with Crippen molar-refractivity contribution in [3.05, 3.63) is 12.4 Å². The molecule has 5 nitrogen and oxygen atoms in total. The van der Waals surface area contributed by atoms with Gasteiger partial charge in [0.2, 0.25) is 5.91 Å². The van der Waals surface area contributed by atoms with Gasteiger partial charge < -0.3 is 10.8 Å². The maximum Gasteiger partial charge on any atom is 0.242 e. The fourth-order valence-electron chi connectivity index (χ4n) is 0.670. The molecule has 0 spiro atoms. The van der Waals surface area contributed by atoms with Crippen molar-refractivity contribution in [3.8, 4) is 5.75 Å². The number of carbonyl (C=O) groups is 1. The van der Waals surface area contributed by atoms with Gasteiger partial charge in [-0.25, -0.2) is 0 Å². The Morgan fingerprint density at radius 2 is 2.55 bits per heavy atom. The van der Waals surface area contributed by atoms with E-state index >= 15 is 0 Å². The van der Waals surface area contributed by atoms with Gasteiger partial charge in [-0.1, -0.05) is 0 Å². The maximum absolute atomic E-state index is 10.6. The van der Waals surface area contributed by atoms with Gasteiger partial charge in [-0.2, -0.15) is 5.10 Å². The Kier molecular flexibility index (Phi) is 1.80. The van der Waals surface area contributed by atoms with Crippen LogP contribution in [0.5, 0.6) is 5.75 Å². The minimum absolute atomic E-state index is 0.0260. The lowest BCUT2D eigenvalue weighted by molar-refractivity contribution is -0.120. The van der Waals surface area contributed by atoms with Crippen molar-refractivity contribution >= 4 is 5.91 Å². The predicted molar refractivity (Wildman–Crippen MR) is 37.8 cm³/mol. The molecule has 1 rings (SSSR count). The first-order valence-electron chi connectivity index (χ1n) is 3.13. The number of aromatic nitrogens is 2. The Bertz CT molecular complexity index is 269. The summed E-state index contributed by atoms with van der Waals surface area (Å²) in [7, 11) is 0. The molecule has 1 aromatic heterocycles. The van der Waals surface area contributed by atoms with Crippen LogP contribution in [0, 0.1) is 0 Å². The third-order valence-electron chi connectivity index (χ3n) is 1.40. The Hall–Kier alpha value is -1.52. The molecule has 1 amide bonds. The number of nitrogens with two attached hydrogens (primary N) is 1. The SMILES string of the molecule is CC(C(N)=O)n1cc(O)cn1. The number of primary amides is 1. The fourth-order valence-corrected chi connectivity index (χ4v) is 0.670. The van der Waals surface area contributed by atoms with E-state index in [2.05, 4.69) is 5.10 Å². The van der Waals surface area contributed by atoms with Crippen molar-refractivity contribution in [2.24, 2.45) is 5.73 Å². The number of hydrogen-bond donors (Lipinski definition) is 2. The summed E-state index contributed by atoms with van der Waals surface area (Å²) < 4.78 is 1.30. The number of rotatable bonds is 2. The second kappa shape index (κ2) is 2.61. The smallest absolute Gasteiger partial charge is 0.242 e. The summed E-state index contributed by atoms with van der Waals surface area (Å²) in [6.45, 7) is 1.61. The van der Waals surface area contributed by atoms with E-state index in [1.807, 2.05) is 0 Å². The molecule has 0 aliphatic heterocycles. The van der Waals surface area contributed by atoms with Crippen molar-refractivity contribution < 1.29 is 9.90 Å². The zero-order chi connectivity index (χ0) is 8.43. The van der Waals surface area contributed by atoms with E-state index in [-0.39, 0.29) is 5.75 Å². The highest BCUT2D eigenvalue weighted by atomic mass is 16.3. The summed E-state index contributed by atoms with van der Waals surface area (Å²) >= 11 is 0. The van der Waals surface area contributed by atoms with E-state index < -0.39 is 11.9 Å². The van der Waals surface area contributed by atoms with E-state index in [9.17, 15) is 4.79 Å². The Balaban J connectivity index is 2.84. The average molecular weight is 155 g/mol. The third kappa shape index (κ3) is 1.49. The second-order valence-electron chi connectivity index (χ2n) is 2.26. The summed E-state index contributed by atoms with van der Waals surface area (Å²) in [6, 6.07) is -0.518. The summed E-state index contributed by atoms with van der Waals surface area (Å²) in [6.07, 6.45) is 2.59. The number of carbonyl (C=O) groups excluding carboxylic acids is 1. The monoisotopic (exact) mass is 155 g/mol. The van der Waals surface area contributed by atoms with Crippen LogP contribution in [0.3, 0.4) is 0 Å². The molecule has 11 heavy (non-hydrogen) atoms. The van der Waals surface area contributed by atoms with Gasteiger partial charge in [0.25, 0.3) is 0 Å². The molecule has 0 fully saturated rings. The van der Waals surface area contributed by atoms with Gasteiger partial charge in [0, 0.05) is 0 Å². The van der Waals surface area contributed by atoms with Crippen LogP contribution in [-0.2, 0) is 4.79 Å². The second-order valence-corrected chi connectivity index (χ2v) is 2.26. The van der Waals surface area contributed by atoms with Crippen molar-refractivity contribution in [2.75, 3.05) is 0 Å². The van der Waals surface area contributed by atoms with Crippen LogP contribution in [0.2, 0.25) is 0 Å². The summed E-state index contributed by atoms with van der Waals surface area (Å²) in [5, 5.41) is 12.6. The minimum atomic E-state index is -0.518. The number of aromatic hydroxyl groups is 1. The molecule has 1 aromatic rings. The molecule has 1 unspecified atom stereocenters. The first-order valence-corrected chi connectivity index (χ1v) is 3.13. The van der Waals surface area contributed by atoms with Gasteiger partial charge in [0.05, 0.1) is 12.4 Å². The van der Waals surface area contributed by atoms with Crippen LogP contribution >= 0.6 is 0 Å². The Morgan fingerprint density at radius 3 is 2.91 bits per heavy atom. The van der Waals surface area contributed by atoms with Crippen LogP contribution < -0.4 is 5.73 Å². The molecule has 0 bridgehead atoms. The maximum atomic E-state index is 10.6. The largest absolute Gasteiger partial charge is 0.505 e. The first-order chi connectivity index (χ1) is 5.11. The lowest BCUT2D eigenvalue weighted by Crippen LogP contribution is -2.24. The zero-order valence-electron chi connectivity index (χ0n) is 6.06. The van der Waals surface area contributed by atoms with Gasteiger partial charge in [0.1, 0.15) is 6.04 Å². The zero-order valence-corrected chi connectivity index (χ0v) is 6.06. The molecule has 0 aliphatic carbocycles. The highest BCUT2D eigenvalue weighted by molar-refractivity contribution is 5.77. The molecular weight excluding hydrogens is 146 g/mol. The molecule has 1 heterocycles. The Morgan fingerprint density at radius 1 is 1.91 bits per heavy atom. The number of hydrogen-bond acceptors (Lipinski definition) is 3. The lowest BCUT2D eigenvalue weighted by atomic mass is 10.3. The molecule has 0 saturated carbocycles. The Labute approximate surface area is 63.4 Å². The standard InChI is InChI=1S/C6H9N3O2/c1-4(6(7)11)9-3-5(10)2-8-9/h2-4,10H,1H3,(H2,7,11). The molecule has 3 N–H and O–H groups in total. The molecule has 0 saturated heterocycles. The lowest BCUT2D eigenvalue weighted by Gasteiger charge is -2.05. The third-order valence-corrected chi connectivity index (χ3v) is 1.40. The van der Waals surface area contributed by atoms with Crippen LogP contribution in [0.1, 0.15) is 13.0 Å². The van der Waals surface area contributed by atoms with E-state index in [1.165, 1.54) is 17.1 Å². The highest BCUT2D eigenvalue weighted by Crippen LogP contribution is 2.09. The molecular formula is C6H9N3O2. The van der Waals surface area contributed by atoms with Gasteiger partial charge >= 0.3 is 0 Å². The van der Waals surface area contributed by atoms with Crippen molar-refractivity contribution in [3.63, 3.8) is 0 Å². The molecule has 5 heteroatoms. The van der Waals surface area contributed by atoms with Gasteiger partial charge in [0.15, 0.2) is 5.75 Å². The minimum Gasteiger partial charge on any atom is -0.505 e. The number of amides is 1. The van der Waals surface area contributed by atoms with E-state index in [4.69, 9.17) is 10.8 Å². The predicted octanol–water partition coefficient (Wildman–Crippen LogP) is -0.365. The summed E-state index contributed by atoms with van der Waals surface area (Å²) in [5.41, 5.74) is 5.00. The first kappa shape index (κ1) is 7.59. The van der Waals surface area contributed by atoms with E-state index in [1.54, 1.807) is 6.92 Å². The van der Waals surface area contributed by atoms with Gasteiger partial charge in [-0.15, -0.1) is 0 Å². The molecule has 1 atom stereocenters. The van der Waals surface area contributed by atoms with Crippen LogP contribution in [-0.4, -0.2) is 20.8 Å². The number of nitrogens with zero attached hydrogens (tertiary/aromatic N) is 2.